The van der Waals surface area contributed by atoms with Crippen molar-refractivity contribution in [2.45, 2.75) is 17.5 Å². The Morgan fingerprint density at radius 1 is 1.19 bits per heavy atom. The van der Waals surface area contributed by atoms with E-state index in [1.807, 2.05) is 28.8 Å². The Morgan fingerprint density at radius 2 is 1.92 bits per heavy atom. The Bertz CT molecular complexity index is 894. The molecule has 0 aliphatic heterocycles. The van der Waals surface area contributed by atoms with Crippen LogP contribution in [0.25, 0.3) is 11.4 Å². The number of thioether (sulfide) groups is 1. The third-order valence-corrected chi connectivity index (χ3v) is 4.69. The Morgan fingerprint density at radius 3 is 2.58 bits per heavy atom. The van der Waals surface area contributed by atoms with Crippen molar-refractivity contribution < 1.29 is 10.0 Å². The highest BCUT2D eigenvalue weighted by Crippen LogP contribution is 2.26. The van der Waals surface area contributed by atoms with Crippen LogP contribution in [0.2, 0.25) is 0 Å². The molecule has 0 aliphatic carbocycles. The summed E-state index contributed by atoms with van der Waals surface area (Å²) in [4.78, 5) is 15.4. The molecule has 1 amide bonds. The standard InChI is InChI=1S/C18H17N5O2S/c1-2-11-23-16(14-7-9-19-10-8-14)20-21-18(23)26-12-13-3-5-15(6-4-13)17(24)22-25/h2-10,25H,1,11-12H2,(H,22,24). The van der Waals surface area contributed by atoms with Crippen molar-refractivity contribution in [3.05, 3.63) is 72.6 Å². The topological polar surface area (TPSA) is 92.9 Å². The van der Waals surface area contributed by atoms with Gasteiger partial charge in [-0.25, -0.2) is 5.48 Å². The van der Waals surface area contributed by atoms with E-state index in [1.54, 1.807) is 47.8 Å². The van der Waals surface area contributed by atoms with E-state index in [0.29, 0.717) is 17.9 Å². The van der Waals surface area contributed by atoms with Crippen LogP contribution in [0.4, 0.5) is 0 Å². The summed E-state index contributed by atoms with van der Waals surface area (Å²) in [5.74, 6) is 0.911. The Hall–Kier alpha value is -2.97. The van der Waals surface area contributed by atoms with Gasteiger partial charge < -0.3 is 0 Å². The number of nitrogens with zero attached hydrogens (tertiary/aromatic N) is 4. The number of hydrogen-bond acceptors (Lipinski definition) is 6. The van der Waals surface area contributed by atoms with E-state index in [4.69, 9.17) is 5.21 Å². The SMILES string of the molecule is C=CCn1c(SCc2ccc(C(=O)NO)cc2)nnc1-c1ccncc1. The molecule has 7 nitrogen and oxygen atoms in total. The van der Waals surface area contributed by atoms with E-state index in [1.165, 1.54) is 0 Å². The Kier molecular flexibility index (Phi) is 5.77. The average molecular weight is 367 g/mol. The van der Waals surface area contributed by atoms with E-state index in [-0.39, 0.29) is 0 Å². The van der Waals surface area contributed by atoms with Crippen molar-refractivity contribution in [1.82, 2.24) is 25.2 Å². The summed E-state index contributed by atoms with van der Waals surface area (Å²) in [6.07, 6.45) is 5.25. The van der Waals surface area contributed by atoms with Gasteiger partial charge in [-0.2, -0.15) is 0 Å². The number of allylic oxidation sites excluding steroid dienone is 1. The molecule has 1 aromatic carbocycles. The lowest BCUT2D eigenvalue weighted by Gasteiger charge is -2.08. The van der Waals surface area contributed by atoms with Crippen molar-refractivity contribution in [2.75, 3.05) is 0 Å². The van der Waals surface area contributed by atoms with Crippen LogP contribution in [-0.2, 0) is 12.3 Å². The predicted octanol–water partition coefficient (Wildman–Crippen LogP) is 2.94. The zero-order chi connectivity index (χ0) is 18.4. The lowest BCUT2D eigenvalue weighted by Crippen LogP contribution is -2.18. The number of rotatable bonds is 7. The molecule has 0 spiro atoms. The normalized spacial score (nSPS) is 10.5. The molecule has 8 heteroatoms. The Balaban J connectivity index is 1.76. The molecule has 3 aromatic rings. The maximum Gasteiger partial charge on any atom is 0.274 e. The molecule has 0 saturated carbocycles. The first-order valence-corrected chi connectivity index (χ1v) is 8.82. The largest absolute Gasteiger partial charge is 0.298 e. The fraction of sp³-hybridized carbons (Fsp3) is 0.111. The highest BCUT2D eigenvalue weighted by atomic mass is 32.2. The van der Waals surface area contributed by atoms with Gasteiger partial charge >= 0.3 is 0 Å². The van der Waals surface area contributed by atoms with Gasteiger partial charge in [-0.15, -0.1) is 16.8 Å². The summed E-state index contributed by atoms with van der Waals surface area (Å²) in [6.45, 7) is 4.41. The second kappa shape index (κ2) is 8.41. The lowest BCUT2D eigenvalue weighted by atomic mass is 10.1. The zero-order valence-electron chi connectivity index (χ0n) is 13.9. The second-order valence-electron chi connectivity index (χ2n) is 5.37. The van der Waals surface area contributed by atoms with Gasteiger partial charge in [0.15, 0.2) is 11.0 Å². The highest BCUT2D eigenvalue weighted by molar-refractivity contribution is 7.98. The van der Waals surface area contributed by atoms with Gasteiger partial charge in [0.25, 0.3) is 5.91 Å². The van der Waals surface area contributed by atoms with Crippen LogP contribution in [0.1, 0.15) is 15.9 Å². The van der Waals surface area contributed by atoms with Gasteiger partial charge in [0, 0.05) is 35.8 Å². The van der Waals surface area contributed by atoms with Crippen molar-refractivity contribution >= 4 is 17.7 Å². The number of aromatic nitrogens is 4. The number of hydrogen-bond donors (Lipinski definition) is 2. The number of benzene rings is 1. The smallest absolute Gasteiger partial charge is 0.274 e. The van der Waals surface area contributed by atoms with E-state index in [9.17, 15) is 4.79 Å². The molecule has 0 fully saturated rings. The van der Waals surface area contributed by atoms with Crippen molar-refractivity contribution in [2.24, 2.45) is 0 Å². The van der Waals surface area contributed by atoms with E-state index in [2.05, 4.69) is 21.8 Å². The van der Waals surface area contributed by atoms with Gasteiger partial charge in [0.2, 0.25) is 0 Å². The molecule has 3 rings (SSSR count). The molecule has 0 atom stereocenters. The summed E-state index contributed by atoms with van der Waals surface area (Å²) in [5, 5.41) is 18.0. The van der Waals surface area contributed by atoms with Crippen molar-refractivity contribution in [3.8, 4) is 11.4 Å². The lowest BCUT2D eigenvalue weighted by molar-refractivity contribution is 0.0706. The summed E-state index contributed by atoms with van der Waals surface area (Å²) >= 11 is 1.55. The van der Waals surface area contributed by atoms with Crippen LogP contribution >= 0.6 is 11.8 Å². The molecule has 2 N–H and O–H groups in total. The van der Waals surface area contributed by atoms with Crippen molar-refractivity contribution in [3.63, 3.8) is 0 Å². The van der Waals surface area contributed by atoms with Crippen LogP contribution in [0.3, 0.4) is 0 Å². The molecule has 132 valence electrons. The minimum absolute atomic E-state index is 0.399. The molecule has 26 heavy (non-hydrogen) atoms. The van der Waals surface area contributed by atoms with Gasteiger partial charge in [-0.1, -0.05) is 30.0 Å². The molecule has 0 radical (unpaired) electrons. The fourth-order valence-electron chi connectivity index (χ4n) is 2.37. The summed E-state index contributed by atoms with van der Waals surface area (Å²) in [6, 6.07) is 10.8. The first-order chi connectivity index (χ1) is 12.7. The molecular weight excluding hydrogens is 350 g/mol. The highest BCUT2D eigenvalue weighted by Gasteiger charge is 2.13. The first kappa shape index (κ1) is 17.8. The van der Waals surface area contributed by atoms with Gasteiger partial charge in [-0.05, 0) is 29.8 Å². The minimum Gasteiger partial charge on any atom is -0.298 e. The Labute approximate surface area is 154 Å². The van der Waals surface area contributed by atoms with Crippen LogP contribution in [0.5, 0.6) is 0 Å². The van der Waals surface area contributed by atoms with E-state index < -0.39 is 5.91 Å². The third-order valence-electron chi connectivity index (χ3n) is 3.65. The van der Waals surface area contributed by atoms with Crippen LogP contribution in [0, 0.1) is 0 Å². The van der Waals surface area contributed by atoms with Crippen molar-refractivity contribution in [1.29, 1.82) is 0 Å². The maximum absolute atomic E-state index is 11.4. The molecule has 0 bridgehead atoms. The van der Waals surface area contributed by atoms with Crippen LogP contribution in [0.15, 0.2) is 66.6 Å². The molecular formula is C18H17N5O2S. The fourth-order valence-corrected chi connectivity index (χ4v) is 3.27. The number of carbonyl (C=O) groups excluding carboxylic acids is 1. The van der Waals surface area contributed by atoms with Crippen LogP contribution < -0.4 is 5.48 Å². The molecule has 0 unspecified atom stereocenters. The van der Waals surface area contributed by atoms with E-state index >= 15 is 0 Å². The van der Waals surface area contributed by atoms with Crippen LogP contribution in [-0.4, -0.2) is 30.9 Å². The molecule has 2 heterocycles. The molecule has 0 saturated heterocycles. The number of pyridine rings is 1. The summed E-state index contributed by atoms with van der Waals surface area (Å²) in [7, 11) is 0. The maximum atomic E-state index is 11.4. The summed E-state index contributed by atoms with van der Waals surface area (Å²) < 4.78 is 2.00. The third kappa shape index (κ3) is 3.98. The predicted molar refractivity (Wildman–Crippen MR) is 98.7 cm³/mol. The minimum atomic E-state index is -0.531. The first-order valence-electron chi connectivity index (χ1n) is 7.83. The van der Waals surface area contributed by atoms with Gasteiger partial charge in [0.05, 0.1) is 0 Å². The number of hydroxylamine groups is 1. The summed E-state index contributed by atoms with van der Waals surface area (Å²) in [5.41, 5.74) is 3.99. The zero-order valence-corrected chi connectivity index (χ0v) is 14.7. The number of amides is 1. The van der Waals surface area contributed by atoms with Gasteiger partial charge in [0.1, 0.15) is 0 Å². The van der Waals surface area contributed by atoms with Gasteiger partial charge in [-0.3, -0.25) is 19.6 Å². The second-order valence-corrected chi connectivity index (χ2v) is 6.31. The van der Waals surface area contributed by atoms with E-state index in [0.717, 1.165) is 22.1 Å². The number of nitrogens with one attached hydrogen (secondary N) is 1. The number of carbonyl (C=O) groups is 1. The quantitative estimate of drug-likeness (QED) is 0.289. The monoisotopic (exact) mass is 367 g/mol. The molecule has 2 aromatic heterocycles. The molecule has 0 aliphatic rings. The average Bonchev–Trinajstić information content (AvgIpc) is 3.10.